The molecule has 1 saturated heterocycles. The van der Waals surface area contributed by atoms with Crippen LogP contribution in [0.5, 0.6) is 0 Å². The van der Waals surface area contributed by atoms with Gasteiger partial charge in [0.05, 0.1) is 12.1 Å². The summed E-state index contributed by atoms with van der Waals surface area (Å²) in [4.78, 5) is 2.65. The summed E-state index contributed by atoms with van der Waals surface area (Å²) in [5.74, 6) is 0.938. The molecular formula is C15H30N2O. The molecular weight excluding hydrogens is 224 g/mol. The maximum atomic E-state index is 9.69. The molecule has 3 heteroatoms. The number of hydrogen-bond donors (Lipinski definition) is 2. The molecule has 2 aliphatic rings. The van der Waals surface area contributed by atoms with Gasteiger partial charge < -0.3 is 10.4 Å². The average Bonchev–Trinajstić information content (AvgIpc) is 2.86. The number of likely N-dealkylation sites (tertiary alicyclic amines) is 1. The van der Waals surface area contributed by atoms with E-state index < -0.39 is 0 Å². The molecule has 1 saturated carbocycles. The maximum Gasteiger partial charge on any atom is 0.0623 e. The van der Waals surface area contributed by atoms with Gasteiger partial charge in [-0.05, 0) is 58.0 Å². The van der Waals surface area contributed by atoms with Crippen LogP contribution in [0.25, 0.3) is 0 Å². The molecule has 2 fully saturated rings. The van der Waals surface area contributed by atoms with Crippen molar-refractivity contribution in [2.45, 2.75) is 64.0 Å². The molecule has 1 aliphatic carbocycles. The number of aliphatic hydroxyl groups is 1. The van der Waals surface area contributed by atoms with Crippen LogP contribution in [0.4, 0.5) is 0 Å². The van der Waals surface area contributed by atoms with Crippen molar-refractivity contribution in [1.29, 1.82) is 0 Å². The van der Waals surface area contributed by atoms with Crippen LogP contribution in [0.2, 0.25) is 0 Å². The highest BCUT2D eigenvalue weighted by Crippen LogP contribution is 2.37. The van der Waals surface area contributed by atoms with Gasteiger partial charge in [0, 0.05) is 12.6 Å². The number of piperidine rings is 1. The maximum absolute atomic E-state index is 9.69. The fourth-order valence-corrected chi connectivity index (χ4v) is 3.79. The third-order valence-electron chi connectivity index (χ3n) is 4.81. The molecule has 106 valence electrons. The molecule has 0 radical (unpaired) electrons. The van der Waals surface area contributed by atoms with Crippen LogP contribution < -0.4 is 5.32 Å². The lowest BCUT2D eigenvalue weighted by atomic mass is 9.90. The first-order valence-corrected chi connectivity index (χ1v) is 7.78. The van der Waals surface area contributed by atoms with Crippen molar-refractivity contribution >= 4 is 0 Å². The highest BCUT2D eigenvalue weighted by Gasteiger charge is 2.37. The minimum absolute atomic E-state index is 0.125. The Kier molecular flexibility index (Phi) is 5.05. The largest absolute Gasteiger partial charge is 0.394 e. The summed E-state index contributed by atoms with van der Waals surface area (Å²) in [7, 11) is 0. The Bertz CT molecular complexity index is 259. The van der Waals surface area contributed by atoms with Crippen molar-refractivity contribution in [2.75, 3.05) is 26.2 Å². The summed E-state index contributed by atoms with van der Waals surface area (Å²) in [6.45, 7) is 7.81. The molecule has 0 aromatic heterocycles. The summed E-state index contributed by atoms with van der Waals surface area (Å²) < 4.78 is 0. The highest BCUT2D eigenvalue weighted by atomic mass is 16.3. The van der Waals surface area contributed by atoms with E-state index in [-0.39, 0.29) is 12.1 Å². The lowest BCUT2D eigenvalue weighted by molar-refractivity contribution is 0.0570. The predicted molar refractivity (Wildman–Crippen MR) is 75.7 cm³/mol. The Morgan fingerprint density at radius 1 is 1.28 bits per heavy atom. The van der Waals surface area contributed by atoms with Crippen LogP contribution in [-0.2, 0) is 0 Å². The van der Waals surface area contributed by atoms with Crippen LogP contribution >= 0.6 is 0 Å². The number of nitrogens with zero attached hydrogens (tertiary/aromatic N) is 1. The first-order chi connectivity index (χ1) is 8.68. The van der Waals surface area contributed by atoms with Gasteiger partial charge in [-0.3, -0.25) is 4.90 Å². The number of fused-ring (bicyclic) bond motifs is 1. The third kappa shape index (κ3) is 3.25. The van der Waals surface area contributed by atoms with E-state index in [9.17, 15) is 5.11 Å². The standard InChI is InChI=1S/C15H30N2O/c1-3-9-16-15(2,12-18)11-17-10-5-7-13-6-4-8-14(13)17/h13-14,16,18H,3-12H2,1-2H3. The van der Waals surface area contributed by atoms with Gasteiger partial charge in [0.15, 0.2) is 0 Å². The van der Waals surface area contributed by atoms with Crippen LogP contribution in [0.1, 0.15) is 52.4 Å². The van der Waals surface area contributed by atoms with Gasteiger partial charge in [0.25, 0.3) is 0 Å². The van der Waals surface area contributed by atoms with Crippen molar-refractivity contribution < 1.29 is 5.11 Å². The minimum atomic E-state index is -0.125. The quantitative estimate of drug-likeness (QED) is 0.761. The van der Waals surface area contributed by atoms with Crippen LogP contribution in [0.15, 0.2) is 0 Å². The van der Waals surface area contributed by atoms with Crippen molar-refractivity contribution in [3.63, 3.8) is 0 Å². The number of rotatable bonds is 6. The molecule has 0 spiro atoms. The van der Waals surface area contributed by atoms with Crippen molar-refractivity contribution in [2.24, 2.45) is 5.92 Å². The zero-order valence-corrected chi connectivity index (χ0v) is 12.1. The van der Waals surface area contributed by atoms with E-state index in [4.69, 9.17) is 0 Å². The third-order valence-corrected chi connectivity index (χ3v) is 4.81. The lowest BCUT2D eigenvalue weighted by Crippen LogP contribution is -2.57. The molecule has 3 nitrogen and oxygen atoms in total. The first kappa shape index (κ1) is 14.3. The van der Waals surface area contributed by atoms with Gasteiger partial charge in [-0.2, -0.15) is 0 Å². The van der Waals surface area contributed by atoms with Crippen LogP contribution in [0.3, 0.4) is 0 Å². The molecule has 0 bridgehead atoms. The van der Waals surface area contributed by atoms with E-state index in [2.05, 4.69) is 24.1 Å². The second kappa shape index (κ2) is 6.36. The lowest BCUT2D eigenvalue weighted by Gasteiger charge is -2.43. The van der Waals surface area contributed by atoms with Crippen molar-refractivity contribution in [1.82, 2.24) is 10.2 Å². The second-order valence-corrected chi connectivity index (χ2v) is 6.52. The second-order valence-electron chi connectivity index (χ2n) is 6.52. The summed E-state index contributed by atoms with van der Waals surface area (Å²) in [5.41, 5.74) is -0.125. The van der Waals surface area contributed by atoms with Gasteiger partial charge in [0.1, 0.15) is 0 Å². The van der Waals surface area contributed by atoms with Gasteiger partial charge in [-0.25, -0.2) is 0 Å². The Morgan fingerprint density at radius 3 is 2.78 bits per heavy atom. The fraction of sp³-hybridized carbons (Fsp3) is 1.00. The van der Waals surface area contributed by atoms with Crippen LogP contribution in [0, 0.1) is 5.92 Å². The molecule has 2 N–H and O–H groups in total. The first-order valence-electron chi connectivity index (χ1n) is 7.78. The van der Waals surface area contributed by atoms with Gasteiger partial charge >= 0.3 is 0 Å². The van der Waals surface area contributed by atoms with E-state index >= 15 is 0 Å². The molecule has 0 aromatic rings. The SMILES string of the molecule is CCCNC(C)(CO)CN1CCCC2CCCC21. The Labute approximate surface area is 112 Å². The number of nitrogens with one attached hydrogen (secondary N) is 1. The highest BCUT2D eigenvalue weighted by molar-refractivity contribution is 4.94. The summed E-state index contributed by atoms with van der Waals surface area (Å²) >= 11 is 0. The minimum Gasteiger partial charge on any atom is -0.394 e. The molecule has 1 heterocycles. The van der Waals surface area contributed by atoms with Gasteiger partial charge in [0.2, 0.25) is 0 Å². The van der Waals surface area contributed by atoms with Gasteiger partial charge in [-0.1, -0.05) is 13.3 Å². The molecule has 0 aromatic carbocycles. The van der Waals surface area contributed by atoms with E-state index in [0.717, 1.165) is 31.5 Å². The molecule has 2 rings (SSSR count). The molecule has 18 heavy (non-hydrogen) atoms. The fourth-order valence-electron chi connectivity index (χ4n) is 3.79. The Hall–Kier alpha value is -0.120. The van der Waals surface area contributed by atoms with E-state index in [1.807, 2.05) is 0 Å². The smallest absolute Gasteiger partial charge is 0.0623 e. The van der Waals surface area contributed by atoms with E-state index in [1.165, 1.54) is 38.6 Å². The van der Waals surface area contributed by atoms with Crippen LogP contribution in [-0.4, -0.2) is 47.8 Å². The number of aliphatic hydroxyl groups excluding tert-OH is 1. The molecule has 3 atom stereocenters. The summed E-state index contributed by atoms with van der Waals surface area (Å²) in [5, 5.41) is 13.2. The molecule has 1 aliphatic heterocycles. The zero-order valence-electron chi connectivity index (χ0n) is 12.1. The molecule has 0 amide bonds. The van der Waals surface area contributed by atoms with E-state index in [0.29, 0.717) is 0 Å². The molecule has 3 unspecified atom stereocenters. The van der Waals surface area contributed by atoms with Crippen molar-refractivity contribution in [3.8, 4) is 0 Å². The number of hydrogen-bond acceptors (Lipinski definition) is 3. The topological polar surface area (TPSA) is 35.5 Å². The summed E-state index contributed by atoms with van der Waals surface area (Å²) in [6.07, 6.45) is 8.11. The Balaban J connectivity index is 1.93. The average molecular weight is 254 g/mol. The normalized spacial score (nSPS) is 32.2. The monoisotopic (exact) mass is 254 g/mol. The Morgan fingerprint density at radius 2 is 2.06 bits per heavy atom. The van der Waals surface area contributed by atoms with E-state index in [1.54, 1.807) is 0 Å². The van der Waals surface area contributed by atoms with Gasteiger partial charge in [-0.15, -0.1) is 0 Å². The zero-order chi connectivity index (χ0) is 13.0. The van der Waals surface area contributed by atoms with Crippen molar-refractivity contribution in [3.05, 3.63) is 0 Å². The summed E-state index contributed by atoms with van der Waals surface area (Å²) in [6, 6.07) is 0.799. The predicted octanol–water partition coefficient (Wildman–Crippen LogP) is 2.00.